The molecule has 13 heteroatoms. The number of pyridine rings is 2. The molecule has 0 bridgehead atoms. The van der Waals surface area contributed by atoms with Gasteiger partial charge in [-0.25, -0.2) is 4.79 Å². The summed E-state index contributed by atoms with van der Waals surface area (Å²) in [5.74, 6) is -0.988. The van der Waals surface area contributed by atoms with Gasteiger partial charge in [-0.2, -0.15) is 18.4 Å². The minimum atomic E-state index is -4.39. The summed E-state index contributed by atoms with van der Waals surface area (Å²) >= 11 is 6.57. The fourth-order valence-corrected chi connectivity index (χ4v) is 4.87. The van der Waals surface area contributed by atoms with Crippen molar-refractivity contribution in [1.82, 2.24) is 14.9 Å². The predicted octanol–water partition coefficient (Wildman–Crippen LogP) is 7.18. The Hall–Kier alpha value is -4.76. The maximum absolute atomic E-state index is 13.1. The van der Waals surface area contributed by atoms with Gasteiger partial charge in [-0.05, 0) is 43.2 Å². The molecular formula is C30H25ClF3N5O4. The number of carbonyl (C=O) groups excluding carboxylic acids is 1. The molecule has 1 fully saturated rings. The smallest absolute Gasteiger partial charge is 0.415 e. The lowest BCUT2D eigenvalue weighted by Gasteiger charge is -2.19. The third-order valence-electron chi connectivity index (χ3n) is 7.07. The number of benzene rings is 2. The molecule has 1 N–H and O–H groups in total. The van der Waals surface area contributed by atoms with E-state index in [-0.39, 0.29) is 36.6 Å². The molecule has 222 valence electrons. The molecule has 9 nitrogen and oxygen atoms in total. The van der Waals surface area contributed by atoms with Crippen LogP contribution >= 0.6 is 11.6 Å². The van der Waals surface area contributed by atoms with Crippen molar-refractivity contribution in [2.24, 2.45) is 5.92 Å². The number of rotatable bonds is 7. The van der Waals surface area contributed by atoms with Crippen molar-refractivity contribution in [3.05, 3.63) is 76.7 Å². The minimum absolute atomic E-state index is 0.0266. The molecule has 0 unspecified atom stereocenters. The van der Waals surface area contributed by atoms with Crippen LogP contribution in [0.15, 0.2) is 54.9 Å². The van der Waals surface area contributed by atoms with Gasteiger partial charge in [0.2, 0.25) is 0 Å². The number of amides is 1. The number of likely N-dealkylation sites (tertiary alicyclic amines) is 1. The first kappa shape index (κ1) is 29.7. The Bertz CT molecular complexity index is 1730. The van der Waals surface area contributed by atoms with Gasteiger partial charge in [0, 0.05) is 43.0 Å². The van der Waals surface area contributed by atoms with Gasteiger partial charge >= 0.3 is 12.3 Å². The maximum Gasteiger partial charge on any atom is 0.415 e. The molecule has 2 aromatic carbocycles. The molecule has 4 aromatic rings. The molecule has 1 aliphatic heterocycles. The number of nitrogens with one attached hydrogen (secondary N) is 1. The predicted molar refractivity (Wildman–Crippen MR) is 153 cm³/mol. The lowest BCUT2D eigenvalue weighted by Crippen LogP contribution is -2.34. The highest BCUT2D eigenvalue weighted by molar-refractivity contribution is 6.33. The van der Waals surface area contributed by atoms with Crippen LogP contribution in [-0.2, 0) is 6.61 Å². The Kier molecular flexibility index (Phi) is 8.45. The zero-order valence-corrected chi connectivity index (χ0v) is 23.8. The highest BCUT2D eigenvalue weighted by Crippen LogP contribution is 2.40. The molecule has 43 heavy (non-hydrogen) atoms. The van der Waals surface area contributed by atoms with Gasteiger partial charge in [0.25, 0.3) is 0 Å². The Morgan fingerprint density at radius 1 is 1.21 bits per heavy atom. The van der Waals surface area contributed by atoms with Crippen molar-refractivity contribution in [3.8, 4) is 23.3 Å². The number of alkyl halides is 3. The third-order valence-corrected chi connectivity index (χ3v) is 7.39. The van der Waals surface area contributed by atoms with Crippen molar-refractivity contribution < 1.29 is 32.2 Å². The fourth-order valence-electron chi connectivity index (χ4n) is 4.65. The molecular weight excluding hydrogens is 587 g/mol. The van der Waals surface area contributed by atoms with Crippen molar-refractivity contribution >= 4 is 40.0 Å². The van der Waals surface area contributed by atoms with Crippen LogP contribution in [0.1, 0.15) is 23.2 Å². The van der Waals surface area contributed by atoms with Gasteiger partial charge < -0.3 is 24.4 Å². The average Bonchev–Trinajstić information content (AvgIpc) is 3.49. The first-order valence-electron chi connectivity index (χ1n) is 13.1. The lowest BCUT2D eigenvalue weighted by molar-refractivity contribution is -0.170. The van der Waals surface area contributed by atoms with Crippen LogP contribution in [0.2, 0.25) is 5.02 Å². The Labute approximate surface area is 249 Å². The molecule has 3 heterocycles. The van der Waals surface area contributed by atoms with Gasteiger partial charge in [-0.3, -0.25) is 9.97 Å². The largest absolute Gasteiger partial charge is 0.493 e. The molecule has 0 saturated carbocycles. The number of hydrogen-bond donors (Lipinski definition) is 1. The second-order valence-electron chi connectivity index (χ2n) is 9.84. The maximum atomic E-state index is 13.1. The van der Waals surface area contributed by atoms with E-state index in [1.165, 1.54) is 25.4 Å². The van der Waals surface area contributed by atoms with Crippen LogP contribution in [0, 0.1) is 24.2 Å². The Balaban J connectivity index is 1.38. The molecule has 1 aliphatic rings. The number of halogens is 4. The number of fused-ring (bicyclic) bond motifs is 1. The highest BCUT2D eigenvalue weighted by atomic mass is 35.5. The van der Waals surface area contributed by atoms with Gasteiger partial charge in [0.05, 0.1) is 46.2 Å². The number of hydrogen-bond acceptors (Lipinski definition) is 8. The summed E-state index contributed by atoms with van der Waals surface area (Å²) < 4.78 is 55.9. The van der Waals surface area contributed by atoms with Crippen LogP contribution in [0.5, 0.6) is 17.2 Å². The number of methoxy groups -OCH3 is 1. The topological polar surface area (TPSA) is 110 Å². The van der Waals surface area contributed by atoms with E-state index in [1.54, 1.807) is 24.4 Å². The standard InChI is InChI=1S/C30H25ClF3N5O4/c1-17-4-3-8-36-25(17)16-42-20-5-6-23(22(31)10-20)38-28-18(13-35)14-37-24-12-27(26(41-2)11-21(24)28)43-29(40)39-9-7-19(15-39)30(32,33)34/h3-6,8,10-12,14,19H,7,9,15-16H2,1-2H3,(H,37,38)/t19-/m1/s1. The second-order valence-corrected chi connectivity index (χ2v) is 10.2. The summed E-state index contributed by atoms with van der Waals surface area (Å²) in [6, 6.07) is 13.9. The van der Waals surface area contributed by atoms with Crippen LogP contribution in [0.3, 0.4) is 0 Å². The number of aromatic nitrogens is 2. The molecule has 1 amide bonds. The molecule has 0 spiro atoms. The number of carbonyl (C=O) groups is 1. The zero-order valence-electron chi connectivity index (χ0n) is 23.0. The quantitative estimate of drug-likeness (QED) is 0.234. The fraction of sp³-hybridized carbons (Fsp3) is 0.267. The Morgan fingerprint density at radius 2 is 2.02 bits per heavy atom. The van der Waals surface area contributed by atoms with E-state index in [1.807, 2.05) is 19.1 Å². The van der Waals surface area contributed by atoms with E-state index in [0.717, 1.165) is 16.2 Å². The first-order chi connectivity index (χ1) is 20.6. The number of nitrogens with zero attached hydrogens (tertiary/aromatic N) is 4. The van der Waals surface area contributed by atoms with E-state index < -0.39 is 24.7 Å². The van der Waals surface area contributed by atoms with Gasteiger partial charge in [0.15, 0.2) is 11.5 Å². The van der Waals surface area contributed by atoms with Crippen LogP contribution < -0.4 is 19.5 Å². The normalized spacial score (nSPS) is 14.8. The number of anilines is 2. The van der Waals surface area contributed by atoms with Crippen molar-refractivity contribution in [2.45, 2.75) is 26.1 Å². The van der Waals surface area contributed by atoms with E-state index in [0.29, 0.717) is 33.0 Å². The summed E-state index contributed by atoms with van der Waals surface area (Å²) in [6.07, 6.45) is -2.47. The van der Waals surface area contributed by atoms with E-state index in [4.69, 9.17) is 25.8 Å². The van der Waals surface area contributed by atoms with E-state index in [2.05, 4.69) is 21.4 Å². The molecule has 1 atom stereocenters. The summed E-state index contributed by atoms with van der Waals surface area (Å²) in [6.45, 7) is 1.64. The Morgan fingerprint density at radius 3 is 2.70 bits per heavy atom. The monoisotopic (exact) mass is 611 g/mol. The summed E-state index contributed by atoms with van der Waals surface area (Å²) in [7, 11) is 1.35. The second kappa shape index (κ2) is 12.2. The highest BCUT2D eigenvalue weighted by Gasteiger charge is 2.45. The van der Waals surface area contributed by atoms with E-state index >= 15 is 0 Å². The molecule has 0 aliphatic carbocycles. The summed E-state index contributed by atoms with van der Waals surface area (Å²) in [5.41, 5.74) is 3.19. The van der Waals surface area contributed by atoms with Gasteiger partial charge in [0.1, 0.15) is 18.4 Å². The van der Waals surface area contributed by atoms with Gasteiger partial charge in [-0.15, -0.1) is 0 Å². The van der Waals surface area contributed by atoms with Crippen molar-refractivity contribution in [2.75, 3.05) is 25.5 Å². The van der Waals surface area contributed by atoms with E-state index in [9.17, 15) is 23.2 Å². The molecule has 5 rings (SSSR count). The van der Waals surface area contributed by atoms with Crippen LogP contribution in [0.4, 0.5) is 29.3 Å². The number of ether oxygens (including phenoxy) is 3. The molecule has 1 saturated heterocycles. The van der Waals surface area contributed by atoms with Crippen LogP contribution in [0.25, 0.3) is 10.9 Å². The summed E-state index contributed by atoms with van der Waals surface area (Å²) in [4.78, 5) is 22.3. The van der Waals surface area contributed by atoms with Crippen molar-refractivity contribution in [1.29, 1.82) is 5.26 Å². The van der Waals surface area contributed by atoms with Crippen molar-refractivity contribution in [3.63, 3.8) is 0 Å². The number of nitriles is 1. The first-order valence-corrected chi connectivity index (χ1v) is 13.5. The zero-order chi connectivity index (χ0) is 30.7. The third kappa shape index (κ3) is 6.52. The van der Waals surface area contributed by atoms with Crippen LogP contribution in [-0.4, -0.2) is 47.3 Å². The van der Waals surface area contributed by atoms with Gasteiger partial charge in [-0.1, -0.05) is 17.7 Å². The average molecular weight is 612 g/mol. The molecule has 2 aromatic heterocycles. The molecule has 0 radical (unpaired) electrons. The summed E-state index contributed by atoms with van der Waals surface area (Å²) in [5, 5.41) is 13.8. The number of aryl methyl sites for hydroxylation is 1. The SMILES string of the molecule is COc1cc2c(Nc3ccc(OCc4ncccc4C)cc3Cl)c(C#N)cnc2cc1OC(=O)N1CC[C@@H](C(F)(F)F)C1. The lowest BCUT2D eigenvalue weighted by atomic mass is 10.1. The minimum Gasteiger partial charge on any atom is -0.493 e.